The van der Waals surface area contributed by atoms with Gasteiger partial charge in [0, 0.05) is 13.6 Å². The van der Waals surface area contributed by atoms with Gasteiger partial charge in [-0.1, -0.05) is 0 Å². The van der Waals surface area contributed by atoms with Gasteiger partial charge in [0.05, 0.1) is 19.3 Å². The van der Waals surface area contributed by atoms with E-state index in [1.807, 2.05) is 11.8 Å². The maximum Gasteiger partial charge on any atom is 0.317 e. The number of carbonyl (C=O) groups excluding carboxylic acids is 1. The highest BCUT2D eigenvalue weighted by Crippen LogP contribution is 2.22. The van der Waals surface area contributed by atoms with Gasteiger partial charge in [0.2, 0.25) is 0 Å². The lowest BCUT2D eigenvalue weighted by atomic mass is 10.0. The molecule has 6 nitrogen and oxygen atoms in total. The molecule has 2 heterocycles. The van der Waals surface area contributed by atoms with E-state index >= 15 is 0 Å². The van der Waals surface area contributed by atoms with Gasteiger partial charge in [0.25, 0.3) is 0 Å². The number of carboxylic acids is 1. The van der Waals surface area contributed by atoms with Crippen molar-refractivity contribution >= 4 is 23.8 Å². The molecule has 2 amide bonds. The predicted octanol–water partition coefficient (Wildman–Crippen LogP) is 0.871. The first-order chi connectivity index (χ1) is 9.59. The Morgan fingerprint density at radius 3 is 2.70 bits per heavy atom. The summed E-state index contributed by atoms with van der Waals surface area (Å²) < 4.78 is 5.19. The second kappa shape index (κ2) is 7.17. The molecule has 2 aliphatic heterocycles. The molecule has 0 bridgehead atoms. The van der Waals surface area contributed by atoms with E-state index in [0.717, 1.165) is 24.3 Å². The van der Waals surface area contributed by atoms with Gasteiger partial charge in [-0.2, -0.15) is 11.8 Å². The first-order valence-corrected chi connectivity index (χ1v) is 8.14. The number of aliphatic carboxylic acids is 1. The molecule has 2 saturated heterocycles. The second-order valence-corrected chi connectivity index (χ2v) is 6.63. The Kier molecular flexibility index (Phi) is 5.54. The molecule has 20 heavy (non-hydrogen) atoms. The smallest absolute Gasteiger partial charge is 0.317 e. The number of hydrogen-bond acceptors (Lipinski definition) is 4. The molecule has 0 aromatic rings. The van der Waals surface area contributed by atoms with Crippen molar-refractivity contribution in [2.24, 2.45) is 11.8 Å². The van der Waals surface area contributed by atoms with E-state index in [0.29, 0.717) is 19.1 Å². The SMILES string of the molecule is CN(C(=O)NCC1CCSCC1)C1COCC1C(=O)O. The highest BCUT2D eigenvalue weighted by Gasteiger charge is 2.38. The standard InChI is InChI=1S/C13H22N2O4S/c1-15(11-8-19-7-10(11)12(16)17)13(18)14-6-9-2-4-20-5-3-9/h9-11H,2-8H2,1H3,(H,14,18)(H,16,17). The number of likely N-dealkylation sites (N-methyl/N-ethyl adjacent to an activating group) is 1. The Morgan fingerprint density at radius 1 is 1.35 bits per heavy atom. The number of urea groups is 1. The Balaban J connectivity index is 1.80. The van der Waals surface area contributed by atoms with Crippen molar-refractivity contribution in [1.82, 2.24) is 10.2 Å². The van der Waals surface area contributed by atoms with E-state index in [-0.39, 0.29) is 18.7 Å². The maximum absolute atomic E-state index is 12.1. The molecule has 114 valence electrons. The van der Waals surface area contributed by atoms with Crippen LogP contribution < -0.4 is 5.32 Å². The molecule has 0 aromatic heterocycles. The van der Waals surface area contributed by atoms with E-state index in [4.69, 9.17) is 9.84 Å². The summed E-state index contributed by atoms with van der Waals surface area (Å²) in [5.74, 6) is 1.33. The zero-order chi connectivity index (χ0) is 14.5. The Bertz CT molecular complexity index is 360. The van der Waals surface area contributed by atoms with Crippen LogP contribution in [0.25, 0.3) is 0 Å². The number of hydrogen-bond donors (Lipinski definition) is 2. The van der Waals surface area contributed by atoms with Crippen LogP contribution in [0.1, 0.15) is 12.8 Å². The van der Waals surface area contributed by atoms with E-state index in [1.54, 1.807) is 7.05 Å². The van der Waals surface area contributed by atoms with E-state index in [2.05, 4.69) is 5.32 Å². The third-order valence-corrected chi connectivity index (χ3v) is 5.12. The lowest BCUT2D eigenvalue weighted by molar-refractivity contribution is -0.142. The number of nitrogens with one attached hydrogen (secondary N) is 1. The minimum Gasteiger partial charge on any atom is -0.481 e. The summed E-state index contributed by atoms with van der Waals surface area (Å²) >= 11 is 1.96. The number of thioether (sulfide) groups is 1. The lowest BCUT2D eigenvalue weighted by Gasteiger charge is -2.28. The number of amides is 2. The van der Waals surface area contributed by atoms with Crippen molar-refractivity contribution < 1.29 is 19.4 Å². The van der Waals surface area contributed by atoms with Crippen LogP contribution in [0.15, 0.2) is 0 Å². The number of ether oxygens (including phenoxy) is 1. The fraction of sp³-hybridized carbons (Fsp3) is 0.846. The van der Waals surface area contributed by atoms with Crippen molar-refractivity contribution in [2.75, 3.05) is 38.3 Å². The molecule has 0 aliphatic carbocycles. The predicted molar refractivity (Wildman–Crippen MR) is 76.9 cm³/mol. The van der Waals surface area contributed by atoms with Crippen LogP contribution >= 0.6 is 11.8 Å². The number of rotatable bonds is 4. The van der Waals surface area contributed by atoms with Gasteiger partial charge in [-0.05, 0) is 30.3 Å². The van der Waals surface area contributed by atoms with Crippen LogP contribution in [0.4, 0.5) is 4.79 Å². The molecule has 7 heteroatoms. The monoisotopic (exact) mass is 302 g/mol. The van der Waals surface area contributed by atoms with Gasteiger partial charge >= 0.3 is 12.0 Å². The molecule has 2 atom stereocenters. The largest absolute Gasteiger partial charge is 0.481 e. The quantitative estimate of drug-likeness (QED) is 0.805. The first-order valence-electron chi connectivity index (χ1n) is 6.98. The molecule has 2 N–H and O–H groups in total. The van der Waals surface area contributed by atoms with E-state index in [9.17, 15) is 9.59 Å². The summed E-state index contributed by atoms with van der Waals surface area (Å²) in [6.07, 6.45) is 2.28. The summed E-state index contributed by atoms with van der Waals surface area (Å²) in [5, 5.41) is 12.0. The molecule has 0 saturated carbocycles. The molecule has 0 radical (unpaired) electrons. The second-order valence-electron chi connectivity index (χ2n) is 5.40. The topological polar surface area (TPSA) is 78.9 Å². The zero-order valence-corrected chi connectivity index (χ0v) is 12.5. The van der Waals surface area contributed by atoms with Gasteiger partial charge in [-0.25, -0.2) is 4.79 Å². The van der Waals surface area contributed by atoms with Gasteiger partial charge < -0.3 is 20.1 Å². The van der Waals surface area contributed by atoms with Crippen LogP contribution in [0.5, 0.6) is 0 Å². The third kappa shape index (κ3) is 3.79. The molecule has 2 aliphatic rings. The van der Waals surface area contributed by atoms with Crippen LogP contribution in [-0.2, 0) is 9.53 Å². The normalized spacial score (nSPS) is 27.2. The lowest BCUT2D eigenvalue weighted by Crippen LogP contribution is -2.49. The Labute approximate surface area is 123 Å². The van der Waals surface area contributed by atoms with Crippen LogP contribution in [0, 0.1) is 11.8 Å². The zero-order valence-electron chi connectivity index (χ0n) is 11.7. The maximum atomic E-state index is 12.1. The van der Waals surface area contributed by atoms with E-state index in [1.165, 1.54) is 4.90 Å². The Hall–Kier alpha value is -0.950. The van der Waals surface area contributed by atoms with Crippen molar-refractivity contribution in [1.29, 1.82) is 0 Å². The van der Waals surface area contributed by atoms with Crippen molar-refractivity contribution in [2.45, 2.75) is 18.9 Å². The van der Waals surface area contributed by atoms with Crippen molar-refractivity contribution in [3.63, 3.8) is 0 Å². The van der Waals surface area contributed by atoms with Crippen molar-refractivity contribution in [3.8, 4) is 0 Å². The Morgan fingerprint density at radius 2 is 2.05 bits per heavy atom. The molecule has 0 aromatic carbocycles. The van der Waals surface area contributed by atoms with Crippen LogP contribution in [0.2, 0.25) is 0 Å². The molecular formula is C13H22N2O4S. The van der Waals surface area contributed by atoms with Crippen molar-refractivity contribution in [3.05, 3.63) is 0 Å². The molecule has 2 unspecified atom stereocenters. The molecular weight excluding hydrogens is 280 g/mol. The minimum atomic E-state index is -0.906. The summed E-state index contributed by atoms with van der Waals surface area (Å²) in [7, 11) is 1.64. The van der Waals surface area contributed by atoms with Gasteiger partial charge in [0.15, 0.2) is 0 Å². The van der Waals surface area contributed by atoms with Crippen LogP contribution in [-0.4, -0.2) is 66.4 Å². The molecule has 2 fully saturated rings. The average molecular weight is 302 g/mol. The first kappa shape index (κ1) is 15.4. The average Bonchev–Trinajstić information content (AvgIpc) is 2.94. The fourth-order valence-electron chi connectivity index (χ4n) is 2.62. The summed E-state index contributed by atoms with van der Waals surface area (Å²) in [6, 6.07) is -0.584. The molecule has 0 spiro atoms. The van der Waals surface area contributed by atoms with Gasteiger partial charge in [0.1, 0.15) is 5.92 Å². The summed E-state index contributed by atoms with van der Waals surface area (Å²) in [6.45, 7) is 1.15. The van der Waals surface area contributed by atoms with E-state index < -0.39 is 11.9 Å². The fourth-order valence-corrected chi connectivity index (χ4v) is 3.82. The molecule has 2 rings (SSSR count). The number of carbonyl (C=O) groups is 2. The van der Waals surface area contributed by atoms with Crippen LogP contribution in [0.3, 0.4) is 0 Å². The summed E-state index contributed by atoms with van der Waals surface area (Å²) in [4.78, 5) is 24.7. The van der Waals surface area contributed by atoms with Gasteiger partial charge in [-0.3, -0.25) is 4.79 Å². The van der Waals surface area contributed by atoms with Gasteiger partial charge in [-0.15, -0.1) is 0 Å². The highest BCUT2D eigenvalue weighted by atomic mass is 32.2. The highest BCUT2D eigenvalue weighted by molar-refractivity contribution is 7.99. The number of nitrogens with zero attached hydrogens (tertiary/aromatic N) is 1. The summed E-state index contributed by atoms with van der Waals surface area (Å²) in [5.41, 5.74) is 0. The minimum absolute atomic E-state index is 0.178. The third-order valence-electron chi connectivity index (χ3n) is 4.07. The number of carboxylic acid groups (broad SMARTS) is 1.